The normalized spacial score (nSPS) is 25.8. The van der Waals surface area contributed by atoms with Crippen LogP contribution in [0.2, 0.25) is 0 Å². The van der Waals surface area contributed by atoms with Gasteiger partial charge >= 0.3 is 11.9 Å². The van der Waals surface area contributed by atoms with Gasteiger partial charge in [-0.15, -0.1) is 0 Å². The minimum atomic E-state index is -1.54. The van der Waals surface area contributed by atoms with E-state index in [1.807, 2.05) is 0 Å². The molecule has 1 aliphatic carbocycles. The van der Waals surface area contributed by atoms with Gasteiger partial charge in [-0.2, -0.15) is 0 Å². The van der Waals surface area contributed by atoms with Crippen LogP contribution in [0.1, 0.15) is 44.9 Å². The number of aliphatic carboxylic acids is 2. The molecule has 5 nitrogen and oxygen atoms in total. The first-order valence-electron chi connectivity index (χ1n) is 6.77. The Morgan fingerprint density at radius 1 is 0.944 bits per heavy atom. The quantitative estimate of drug-likeness (QED) is 0.748. The second-order valence-corrected chi connectivity index (χ2v) is 5.52. The average Bonchev–Trinajstić information content (AvgIpc) is 2.39. The van der Waals surface area contributed by atoms with Crippen molar-refractivity contribution in [3.63, 3.8) is 0 Å². The molecule has 0 unspecified atom stereocenters. The Kier molecular flexibility index (Phi) is 3.90. The van der Waals surface area contributed by atoms with Gasteiger partial charge in [0.05, 0.1) is 0 Å². The molecule has 0 aromatic rings. The molecule has 1 saturated carbocycles. The van der Waals surface area contributed by atoms with E-state index >= 15 is 0 Å². The highest BCUT2D eigenvalue weighted by Gasteiger charge is 2.49. The molecule has 0 aromatic carbocycles. The van der Waals surface area contributed by atoms with Crippen LogP contribution in [0.4, 0.5) is 0 Å². The third-order valence-electron chi connectivity index (χ3n) is 4.53. The zero-order chi connectivity index (χ0) is 13.2. The predicted molar refractivity (Wildman–Crippen MR) is 65.4 cm³/mol. The van der Waals surface area contributed by atoms with Crippen molar-refractivity contribution in [1.29, 1.82) is 0 Å². The molecule has 1 aliphatic heterocycles. The highest BCUT2D eigenvalue weighted by atomic mass is 16.4. The number of nitrogens with zero attached hydrogens (tertiary/aromatic N) is 1. The Bertz CT molecular complexity index is 312. The van der Waals surface area contributed by atoms with E-state index in [0.29, 0.717) is 18.9 Å². The molecule has 0 atom stereocenters. The van der Waals surface area contributed by atoms with Crippen molar-refractivity contribution in [2.24, 2.45) is 5.41 Å². The lowest BCUT2D eigenvalue weighted by Gasteiger charge is -2.40. The maximum atomic E-state index is 11.2. The molecular formula is C13H21NO4. The molecule has 0 amide bonds. The minimum Gasteiger partial charge on any atom is -0.480 e. The van der Waals surface area contributed by atoms with Gasteiger partial charge in [0.25, 0.3) is 0 Å². The lowest BCUT2D eigenvalue weighted by Crippen LogP contribution is -2.48. The monoisotopic (exact) mass is 255 g/mol. The number of rotatable bonds is 3. The van der Waals surface area contributed by atoms with E-state index < -0.39 is 17.4 Å². The molecule has 0 aromatic heterocycles. The van der Waals surface area contributed by atoms with Crippen molar-refractivity contribution in [3.8, 4) is 0 Å². The Balaban J connectivity index is 1.97. The Hall–Kier alpha value is -1.10. The first-order chi connectivity index (χ1) is 8.56. The van der Waals surface area contributed by atoms with Gasteiger partial charge in [-0.25, -0.2) is 0 Å². The molecule has 2 fully saturated rings. The van der Waals surface area contributed by atoms with E-state index in [1.54, 1.807) is 0 Å². The number of carboxylic acids is 2. The van der Waals surface area contributed by atoms with Crippen molar-refractivity contribution in [2.75, 3.05) is 13.1 Å². The predicted octanol–water partition coefficient (Wildman–Crippen LogP) is 1.57. The number of hydrogen-bond acceptors (Lipinski definition) is 3. The van der Waals surface area contributed by atoms with Crippen LogP contribution in [0.3, 0.4) is 0 Å². The minimum absolute atomic E-state index is 0.263. The van der Waals surface area contributed by atoms with Crippen LogP contribution in [-0.4, -0.2) is 46.2 Å². The lowest BCUT2D eigenvalue weighted by atomic mass is 9.72. The molecule has 1 saturated heterocycles. The first-order valence-corrected chi connectivity index (χ1v) is 6.77. The molecule has 18 heavy (non-hydrogen) atoms. The Labute approximate surface area is 107 Å². The van der Waals surface area contributed by atoms with Crippen molar-refractivity contribution in [2.45, 2.75) is 51.0 Å². The van der Waals surface area contributed by atoms with Crippen molar-refractivity contribution in [1.82, 2.24) is 4.90 Å². The fraction of sp³-hybridized carbons (Fsp3) is 0.846. The summed E-state index contributed by atoms with van der Waals surface area (Å²) in [5, 5.41) is 18.3. The summed E-state index contributed by atoms with van der Waals surface area (Å²) in [7, 11) is 0. The zero-order valence-corrected chi connectivity index (χ0v) is 10.6. The highest BCUT2D eigenvalue weighted by Crippen LogP contribution is 2.39. The number of carboxylic acid groups (broad SMARTS) is 2. The summed E-state index contributed by atoms with van der Waals surface area (Å²) in [4.78, 5) is 24.8. The Morgan fingerprint density at radius 3 is 1.89 bits per heavy atom. The largest absolute Gasteiger partial charge is 0.480 e. The van der Waals surface area contributed by atoms with Crippen LogP contribution in [0.5, 0.6) is 0 Å². The third kappa shape index (κ3) is 2.36. The summed E-state index contributed by atoms with van der Waals surface area (Å²) in [6.45, 7) is 2.16. The van der Waals surface area contributed by atoms with Gasteiger partial charge in [0.2, 0.25) is 0 Å². The molecule has 2 N–H and O–H groups in total. The van der Waals surface area contributed by atoms with Crippen molar-refractivity contribution < 1.29 is 19.8 Å². The highest BCUT2D eigenvalue weighted by molar-refractivity contribution is 5.98. The molecule has 2 rings (SSSR count). The van der Waals surface area contributed by atoms with Crippen LogP contribution >= 0.6 is 0 Å². The van der Waals surface area contributed by atoms with Gasteiger partial charge in [0.1, 0.15) is 0 Å². The maximum Gasteiger partial charge on any atom is 0.321 e. The number of piperidine rings is 1. The molecular weight excluding hydrogens is 234 g/mol. The Morgan fingerprint density at radius 2 is 1.44 bits per heavy atom. The van der Waals surface area contributed by atoms with Crippen LogP contribution in [-0.2, 0) is 9.59 Å². The number of hydrogen-bond donors (Lipinski definition) is 2. The summed E-state index contributed by atoms with van der Waals surface area (Å²) < 4.78 is 0. The van der Waals surface area contributed by atoms with E-state index in [1.165, 1.54) is 19.3 Å². The van der Waals surface area contributed by atoms with E-state index in [-0.39, 0.29) is 12.8 Å². The summed E-state index contributed by atoms with van der Waals surface area (Å²) in [5.41, 5.74) is -1.54. The summed E-state index contributed by atoms with van der Waals surface area (Å²) in [6, 6.07) is 0.386. The van der Waals surface area contributed by atoms with E-state index in [4.69, 9.17) is 10.2 Å². The smallest absolute Gasteiger partial charge is 0.321 e. The van der Waals surface area contributed by atoms with Crippen LogP contribution < -0.4 is 0 Å². The van der Waals surface area contributed by atoms with E-state index in [9.17, 15) is 9.59 Å². The van der Waals surface area contributed by atoms with Crippen LogP contribution in [0.15, 0.2) is 0 Å². The van der Waals surface area contributed by atoms with Crippen molar-refractivity contribution in [3.05, 3.63) is 0 Å². The van der Waals surface area contributed by atoms with Gasteiger partial charge in [-0.3, -0.25) is 9.59 Å². The summed E-state index contributed by atoms with van der Waals surface area (Å²) in [5.74, 6) is -2.35. The van der Waals surface area contributed by atoms with Gasteiger partial charge in [-0.05, 0) is 51.6 Å². The molecule has 5 heteroatoms. The zero-order valence-electron chi connectivity index (χ0n) is 10.6. The fourth-order valence-electron chi connectivity index (χ4n) is 3.26. The number of carbonyl (C=O) groups is 2. The second-order valence-electron chi connectivity index (χ2n) is 5.52. The topological polar surface area (TPSA) is 77.8 Å². The van der Waals surface area contributed by atoms with Gasteiger partial charge in [0.15, 0.2) is 5.41 Å². The maximum absolute atomic E-state index is 11.2. The van der Waals surface area contributed by atoms with Gasteiger partial charge < -0.3 is 15.1 Å². The second kappa shape index (κ2) is 5.26. The van der Waals surface area contributed by atoms with Crippen LogP contribution in [0.25, 0.3) is 0 Å². The first kappa shape index (κ1) is 13.3. The van der Waals surface area contributed by atoms with E-state index in [0.717, 1.165) is 13.1 Å². The van der Waals surface area contributed by atoms with Crippen molar-refractivity contribution >= 4 is 11.9 Å². The summed E-state index contributed by atoms with van der Waals surface area (Å²) >= 11 is 0. The standard InChI is InChI=1S/C13H21NO4/c15-11(16)13(12(17)18)6-4-10(5-7-13)14-8-2-1-3-9-14/h10H,1-9H2,(H,15,16)(H,17,18). The third-order valence-corrected chi connectivity index (χ3v) is 4.53. The number of likely N-dealkylation sites (tertiary alicyclic amines) is 1. The van der Waals surface area contributed by atoms with Gasteiger partial charge in [0, 0.05) is 6.04 Å². The lowest BCUT2D eigenvalue weighted by molar-refractivity contribution is -0.168. The fourth-order valence-corrected chi connectivity index (χ4v) is 3.26. The molecule has 1 heterocycles. The van der Waals surface area contributed by atoms with Gasteiger partial charge in [-0.1, -0.05) is 6.42 Å². The van der Waals surface area contributed by atoms with E-state index in [2.05, 4.69) is 4.90 Å². The molecule has 102 valence electrons. The molecule has 0 radical (unpaired) electrons. The SMILES string of the molecule is O=C(O)C1(C(=O)O)CCC(N2CCCCC2)CC1. The summed E-state index contributed by atoms with van der Waals surface area (Å²) in [6.07, 6.45) is 5.60. The molecule has 0 spiro atoms. The molecule has 0 bridgehead atoms. The van der Waals surface area contributed by atoms with Crippen LogP contribution in [0, 0.1) is 5.41 Å². The molecule has 2 aliphatic rings. The average molecular weight is 255 g/mol.